The molecule has 0 amide bonds. The molecular weight excluding hydrogens is 222 g/mol. The van der Waals surface area contributed by atoms with Crippen molar-refractivity contribution < 1.29 is 5.11 Å². The second-order valence-corrected chi connectivity index (χ2v) is 7.16. The van der Waals surface area contributed by atoms with Gasteiger partial charge >= 0.3 is 0 Å². The SMILES string of the molecule is CC(C)CC1CCCC(CO)(NC2CCCC2)C1. The van der Waals surface area contributed by atoms with Crippen molar-refractivity contribution in [2.45, 2.75) is 83.2 Å². The topological polar surface area (TPSA) is 32.3 Å². The number of rotatable bonds is 5. The third kappa shape index (κ3) is 3.71. The van der Waals surface area contributed by atoms with Crippen molar-refractivity contribution in [3.05, 3.63) is 0 Å². The zero-order valence-corrected chi connectivity index (χ0v) is 12.3. The van der Waals surface area contributed by atoms with E-state index in [1.807, 2.05) is 0 Å². The van der Waals surface area contributed by atoms with Crippen LogP contribution in [0.3, 0.4) is 0 Å². The Morgan fingerprint density at radius 2 is 1.89 bits per heavy atom. The molecule has 2 atom stereocenters. The summed E-state index contributed by atoms with van der Waals surface area (Å²) in [7, 11) is 0. The molecule has 2 saturated carbocycles. The molecule has 2 aliphatic carbocycles. The highest BCUT2D eigenvalue weighted by Gasteiger charge is 2.37. The first-order valence-electron chi connectivity index (χ1n) is 8.02. The fourth-order valence-electron chi connectivity index (χ4n) is 4.18. The molecule has 2 rings (SSSR count). The molecular formula is C16H31NO. The molecule has 0 aromatic heterocycles. The Morgan fingerprint density at radius 1 is 1.17 bits per heavy atom. The van der Waals surface area contributed by atoms with Crippen LogP contribution in [0.1, 0.15) is 71.6 Å². The molecule has 0 aliphatic heterocycles. The van der Waals surface area contributed by atoms with Crippen LogP contribution in [-0.4, -0.2) is 23.3 Å². The molecule has 2 fully saturated rings. The number of hydrogen-bond donors (Lipinski definition) is 2. The van der Waals surface area contributed by atoms with Gasteiger partial charge in [0.05, 0.1) is 6.61 Å². The van der Waals surface area contributed by atoms with Crippen molar-refractivity contribution in [1.82, 2.24) is 5.32 Å². The van der Waals surface area contributed by atoms with Crippen LogP contribution in [0.5, 0.6) is 0 Å². The van der Waals surface area contributed by atoms with Crippen LogP contribution >= 0.6 is 0 Å². The normalized spacial score (nSPS) is 34.3. The van der Waals surface area contributed by atoms with Crippen LogP contribution in [0.4, 0.5) is 0 Å². The van der Waals surface area contributed by atoms with E-state index in [0.717, 1.165) is 11.8 Å². The molecule has 0 spiro atoms. The van der Waals surface area contributed by atoms with E-state index in [1.54, 1.807) is 0 Å². The van der Waals surface area contributed by atoms with Gasteiger partial charge in [-0.25, -0.2) is 0 Å². The molecule has 2 heteroatoms. The van der Waals surface area contributed by atoms with Gasteiger partial charge in [-0.15, -0.1) is 0 Å². The van der Waals surface area contributed by atoms with Crippen molar-refractivity contribution >= 4 is 0 Å². The third-order valence-corrected chi connectivity index (χ3v) is 4.92. The van der Waals surface area contributed by atoms with Gasteiger partial charge in [0.2, 0.25) is 0 Å². The zero-order valence-electron chi connectivity index (χ0n) is 12.3. The van der Waals surface area contributed by atoms with E-state index >= 15 is 0 Å². The molecule has 2 unspecified atom stereocenters. The molecule has 0 aromatic rings. The lowest BCUT2D eigenvalue weighted by molar-refractivity contribution is 0.0788. The van der Waals surface area contributed by atoms with Crippen LogP contribution in [0, 0.1) is 11.8 Å². The molecule has 2 N–H and O–H groups in total. The Morgan fingerprint density at radius 3 is 2.50 bits per heavy atom. The van der Waals surface area contributed by atoms with Gasteiger partial charge in [0.1, 0.15) is 0 Å². The van der Waals surface area contributed by atoms with Crippen LogP contribution in [0.15, 0.2) is 0 Å². The molecule has 0 heterocycles. The minimum Gasteiger partial charge on any atom is -0.394 e. The zero-order chi connectivity index (χ0) is 13.0. The quantitative estimate of drug-likeness (QED) is 0.786. The fourth-order valence-corrected chi connectivity index (χ4v) is 4.18. The largest absolute Gasteiger partial charge is 0.394 e. The summed E-state index contributed by atoms with van der Waals surface area (Å²) in [6.45, 7) is 4.97. The van der Waals surface area contributed by atoms with Gasteiger partial charge in [0.25, 0.3) is 0 Å². The Kier molecular flexibility index (Phi) is 5.08. The van der Waals surface area contributed by atoms with Gasteiger partial charge in [-0.05, 0) is 43.9 Å². The number of nitrogens with one attached hydrogen (secondary N) is 1. The van der Waals surface area contributed by atoms with E-state index in [2.05, 4.69) is 19.2 Å². The van der Waals surface area contributed by atoms with E-state index in [0.29, 0.717) is 12.6 Å². The Balaban J connectivity index is 1.92. The molecule has 0 bridgehead atoms. The van der Waals surface area contributed by atoms with E-state index < -0.39 is 0 Å². The van der Waals surface area contributed by atoms with Crippen LogP contribution in [0.25, 0.3) is 0 Å². The highest BCUT2D eigenvalue weighted by Crippen LogP contribution is 2.37. The minimum atomic E-state index is 0.0484. The van der Waals surface area contributed by atoms with Crippen LogP contribution in [-0.2, 0) is 0 Å². The van der Waals surface area contributed by atoms with E-state index in [-0.39, 0.29) is 5.54 Å². The van der Waals surface area contributed by atoms with Crippen LogP contribution in [0.2, 0.25) is 0 Å². The standard InChI is InChI=1S/C16H31NO/c1-13(2)10-14-6-5-9-16(11-14,12-18)17-15-7-3-4-8-15/h13-15,17-18H,3-12H2,1-2H3. The van der Waals surface area contributed by atoms with Crippen molar-refractivity contribution in [1.29, 1.82) is 0 Å². The van der Waals surface area contributed by atoms with Gasteiger partial charge in [-0.1, -0.05) is 39.5 Å². The Labute approximate surface area is 113 Å². The van der Waals surface area contributed by atoms with Crippen molar-refractivity contribution in [2.24, 2.45) is 11.8 Å². The summed E-state index contributed by atoms with van der Waals surface area (Å²) in [5.41, 5.74) is 0.0484. The second-order valence-electron chi connectivity index (χ2n) is 7.16. The minimum absolute atomic E-state index is 0.0484. The summed E-state index contributed by atoms with van der Waals surface area (Å²) in [6, 6.07) is 0.676. The third-order valence-electron chi connectivity index (χ3n) is 4.92. The van der Waals surface area contributed by atoms with Crippen molar-refractivity contribution in [3.63, 3.8) is 0 Å². The number of aliphatic hydroxyl groups is 1. The summed E-state index contributed by atoms with van der Waals surface area (Å²) in [4.78, 5) is 0. The van der Waals surface area contributed by atoms with Gasteiger partial charge in [-0.2, -0.15) is 0 Å². The molecule has 106 valence electrons. The first-order valence-corrected chi connectivity index (χ1v) is 8.02. The lowest BCUT2D eigenvalue weighted by Crippen LogP contribution is -2.55. The molecule has 0 saturated heterocycles. The summed E-state index contributed by atoms with van der Waals surface area (Å²) in [6.07, 6.45) is 11.7. The first kappa shape index (κ1) is 14.3. The average molecular weight is 253 g/mol. The van der Waals surface area contributed by atoms with Crippen molar-refractivity contribution in [3.8, 4) is 0 Å². The lowest BCUT2D eigenvalue weighted by atomic mass is 9.73. The predicted octanol–water partition coefficient (Wildman–Crippen LogP) is 3.49. The van der Waals surface area contributed by atoms with Gasteiger partial charge in [0, 0.05) is 11.6 Å². The van der Waals surface area contributed by atoms with Crippen molar-refractivity contribution in [2.75, 3.05) is 6.61 Å². The summed E-state index contributed by atoms with van der Waals surface area (Å²) in [5, 5.41) is 13.7. The van der Waals surface area contributed by atoms with Gasteiger partial charge in [-0.3, -0.25) is 0 Å². The van der Waals surface area contributed by atoms with Gasteiger partial charge in [0.15, 0.2) is 0 Å². The smallest absolute Gasteiger partial charge is 0.0613 e. The summed E-state index contributed by atoms with van der Waals surface area (Å²) in [5.74, 6) is 1.61. The maximum Gasteiger partial charge on any atom is 0.0613 e. The van der Waals surface area contributed by atoms with E-state index in [1.165, 1.54) is 57.8 Å². The highest BCUT2D eigenvalue weighted by atomic mass is 16.3. The Bertz CT molecular complexity index is 247. The molecule has 18 heavy (non-hydrogen) atoms. The van der Waals surface area contributed by atoms with E-state index in [4.69, 9.17) is 0 Å². The number of aliphatic hydroxyl groups excluding tert-OH is 1. The molecule has 0 aromatic carbocycles. The summed E-state index contributed by atoms with van der Waals surface area (Å²) < 4.78 is 0. The second kappa shape index (κ2) is 6.38. The molecule has 2 nitrogen and oxygen atoms in total. The predicted molar refractivity (Wildman–Crippen MR) is 76.6 cm³/mol. The number of hydrogen-bond acceptors (Lipinski definition) is 2. The van der Waals surface area contributed by atoms with Crippen LogP contribution < -0.4 is 5.32 Å². The maximum atomic E-state index is 9.89. The first-order chi connectivity index (χ1) is 8.63. The fraction of sp³-hybridized carbons (Fsp3) is 1.00. The highest BCUT2D eigenvalue weighted by molar-refractivity contribution is 4.96. The van der Waals surface area contributed by atoms with E-state index in [9.17, 15) is 5.11 Å². The lowest BCUT2D eigenvalue weighted by Gasteiger charge is -2.43. The molecule has 0 radical (unpaired) electrons. The monoisotopic (exact) mass is 253 g/mol. The van der Waals surface area contributed by atoms with Gasteiger partial charge < -0.3 is 10.4 Å². The Hall–Kier alpha value is -0.0800. The average Bonchev–Trinajstić information content (AvgIpc) is 2.81. The summed E-state index contributed by atoms with van der Waals surface area (Å²) >= 11 is 0. The maximum absolute atomic E-state index is 9.89. The molecule has 2 aliphatic rings.